The van der Waals surface area contributed by atoms with Gasteiger partial charge in [-0.2, -0.15) is 5.10 Å². The van der Waals surface area contributed by atoms with Crippen LogP contribution in [0.4, 0.5) is 5.69 Å². The lowest BCUT2D eigenvalue weighted by Crippen LogP contribution is -2.37. The summed E-state index contributed by atoms with van der Waals surface area (Å²) < 4.78 is 1.51. The van der Waals surface area contributed by atoms with Crippen molar-refractivity contribution in [3.8, 4) is 0 Å². The van der Waals surface area contributed by atoms with Crippen molar-refractivity contribution in [3.63, 3.8) is 0 Å². The minimum Gasteiger partial charge on any atom is -0.396 e. The van der Waals surface area contributed by atoms with Gasteiger partial charge in [-0.25, -0.2) is 0 Å². The second-order valence-corrected chi connectivity index (χ2v) is 4.93. The van der Waals surface area contributed by atoms with Crippen LogP contribution in [0, 0.1) is 5.92 Å². The van der Waals surface area contributed by atoms with Crippen molar-refractivity contribution >= 4 is 11.6 Å². The summed E-state index contributed by atoms with van der Waals surface area (Å²) in [5.41, 5.74) is 6.31. The van der Waals surface area contributed by atoms with Crippen LogP contribution in [-0.4, -0.2) is 33.4 Å². The van der Waals surface area contributed by atoms with Crippen LogP contribution in [0.25, 0.3) is 0 Å². The molecular formula is C12H20N4O2. The summed E-state index contributed by atoms with van der Waals surface area (Å²) in [6.45, 7) is 0.482. The first-order chi connectivity index (χ1) is 8.58. The molecule has 6 nitrogen and oxygen atoms in total. The normalized spacial score (nSPS) is 23.9. The fourth-order valence-electron chi connectivity index (χ4n) is 2.42. The van der Waals surface area contributed by atoms with Crippen molar-refractivity contribution in [2.24, 2.45) is 13.0 Å². The monoisotopic (exact) mass is 252 g/mol. The van der Waals surface area contributed by atoms with E-state index in [4.69, 9.17) is 5.73 Å². The molecule has 4 N–H and O–H groups in total. The molecule has 0 aliphatic heterocycles. The van der Waals surface area contributed by atoms with Gasteiger partial charge in [-0.15, -0.1) is 0 Å². The Labute approximate surface area is 106 Å². The van der Waals surface area contributed by atoms with Crippen LogP contribution >= 0.6 is 0 Å². The predicted molar refractivity (Wildman–Crippen MR) is 67.9 cm³/mol. The molecule has 6 heteroatoms. The van der Waals surface area contributed by atoms with Crippen molar-refractivity contribution in [3.05, 3.63) is 11.9 Å². The van der Waals surface area contributed by atoms with Gasteiger partial charge in [0.1, 0.15) is 0 Å². The molecule has 18 heavy (non-hydrogen) atoms. The van der Waals surface area contributed by atoms with Crippen LogP contribution in [0.5, 0.6) is 0 Å². The zero-order chi connectivity index (χ0) is 13.1. The molecule has 0 spiro atoms. The Balaban J connectivity index is 1.90. The van der Waals surface area contributed by atoms with E-state index in [2.05, 4.69) is 10.4 Å². The molecule has 0 radical (unpaired) electrons. The number of aliphatic hydroxyl groups excluding tert-OH is 1. The molecule has 1 aromatic heterocycles. The number of hydrogen-bond acceptors (Lipinski definition) is 4. The summed E-state index contributed by atoms with van der Waals surface area (Å²) in [4.78, 5) is 11.9. The average molecular weight is 252 g/mol. The summed E-state index contributed by atoms with van der Waals surface area (Å²) in [5, 5.41) is 16.6. The van der Waals surface area contributed by atoms with Gasteiger partial charge in [0, 0.05) is 25.7 Å². The van der Waals surface area contributed by atoms with Crippen molar-refractivity contribution in [2.75, 3.05) is 12.3 Å². The number of nitrogens with two attached hydrogens (primary N) is 1. The van der Waals surface area contributed by atoms with E-state index >= 15 is 0 Å². The number of aromatic nitrogens is 2. The number of nitrogens with one attached hydrogen (secondary N) is 1. The molecule has 0 bridgehead atoms. The summed E-state index contributed by atoms with van der Waals surface area (Å²) >= 11 is 0. The largest absolute Gasteiger partial charge is 0.396 e. The van der Waals surface area contributed by atoms with Crippen LogP contribution in [-0.2, 0) is 7.05 Å². The fourth-order valence-corrected chi connectivity index (χ4v) is 2.42. The number of carbonyl (C=O) groups is 1. The van der Waals surface area contributed by atoms with Crippen molar-refractivity contribution in [2.45, 2.75) is 31.8 Å². The van der Waals surface area contributed by atoms with Gasteiger partial charge in [-0.1, -0.05) is 12.8 Å². The van der Waals surface area contributed by atoms with Crippen molar-refractivity contribution < 1.29 is 9.90 Å². The second-order valence-electron chi connectivity index (χ2n) is 4.93. The van der Waals surface area contributed by atoms with Gasteiger partial charge in [0.15, 0.2) is 5.69 Å². The fraction of sp³-hybridized carbons (Fsp3) is 0.667. The molecule has 1 amide bonds. The van der Waals surface area contributed by atoms with E-state index in [1.54, 1.807) is 13.2 Å². The molecule has 100 valence electrons. The number of amides is 1. The summed E-state index contributed by atoms with van der Waals surface area (Å²) in [5.74, 6) is -0.126. The molecule has 0 saturated heterocycles. The third-order valence-corrected chi connectivity index (χ3v) is 3.47. The third kappa shape index (κ3) is 2.81. The SMILES string of the molecule is Cn1cc(N)c(C(=O)NCC2CCCCC2O)n1. The molecule has 2 rings (SSSR count). The van der Waals surface area contributed by atoms with E-state index in [0.717, 1.165) is 25.7 Å². The van der Waals surface area contributed by atoms with Crippen LogP contribution < -0.4 is 11.1 Å². The lowest BCUT2D eigenvalue weighted by atomic mass is 9.86. The lowest BCUT2D eigenvalue weighted by Gasteiger charge is -2.27. The average Bonchev–Trinajstić information content (AvgIpc) is 2.67. The molecule has 2 unspecified atom stereocenters. The number of aliphatic hydroxyl groups is 1. The maximum absolute atomic E-state index is 11.9. The van der Waals surface area contributed by atoms with Gasteiger partial charge in [-0.05, 0) is 12.8 Å². The first-order valence-electron chi connectivity index (χ1n) is 6.33. The molecule has 1 aliphatic rings. The number of nitrogen functional groups attached to an aromatic ring is 1. The molecule has 2 atom stereocenters. The zero-order valence-corrected chi connectivity index (χ0v) is 10.6. The quantitative estimate of drug-likeness (QED) is 0.720. The van der Waals surface area contributed by atoms with Gasteiger partial charge in [0.2, 0.25) is 0 Å². The maximum atomic E-state index is 11.9. The molecule has 1 fully saturated rings. The highest BCUT2D eigenvalue weighted by Gasteiger charge is 2.24. The standard InChI is InChI=1S/C12H20N4O2/c1-16-7-9(13)11(15-16)12(18)14-6-8-4-2-3-5-10(8)17/h7-8,10,17H,2-6,13H2,1H3,(H,14,18). The van der Waals surface area contributed by atoms with Crippen LogP contribution in [0.1, 0.15) is 36.2 Å². The highest BCUT2D eigenvalue weighted by atomic mass is 16.3. The van der Waals surface area contributed by atoms with Crippen molar-refractivity contribution in [1.82, 2.24) is 15.1 Å². The minimum atomic E-state index is -0.305. The van der Waals surface area contributed by atoms with Gasteiger partial charge in [-0.3, -0.25) is 9.48 Å². The van der Waals surface area contributed by atoms with Crippen molar-refractivity contribution in [1.29, 1.82) is 0 Å². The van der Waals surface area contributed by atoms with Gasteiger partial charge >= 0.3 is 0 Å². The Morgan fingerprint density at radius 1 is 1.61 bits per heavy atom. The van der Waals surface area contributed by atoms with E-state index in [1.165, 1.54) is 4.68 Å². The third-order valence-electron chi connectivity index (χ3n) is 3.47. The molecule has 1 aliphatic carbocycles. The Morgan fingerprint density at radius 3 is 2.94 bits per heavy atom. The number of nitrogens with zero attached hydrogens (tertiary/aromatic N) is 2. The zero-order valence-electron chi connectivity index (χ0n) is 10.6. The summed E-state index contributed by atoms with van der Waals surface area (Å²) in [7, 11) is 1.72. The highest BCUT2D eigenvalue weighted by Crippen LogP contribution is 2.23. The van der Waals surface area contributed by atoms with Crippen LogP contribution in [0.3, 0.4) is 0 Å². The minimum absolute atomic E-state index is 0.146. The molecule has 0 aromatic carbocycles. The molecular weight excluding hydrogens is 232 g/mol. The lowest BCUT2D eigenvalue weighted by molar-refractivity contribution is 0.0661. The number of aryl methyl sites for hydroxylation is 1. The first-order valence-corrected chi connectivity index (χ1v) is 6.33. The van der Waals surface area contributed by atoms with E-state index in [1.807, 2.05) is 0 Å². The molecule has 1 saturated carbocycles. The topological polar surface area (TPSA) is 93.2 Å². The number of carbonyl (C=O) groups excluding carboxylic acids is 1. The Bertz CT molecular complexity index is 430. The number of anilines is 1. The smallest absolute Gasteiger partial charge is 0.273 e. The van der Waals surface area contributed by atoms with Crippen LogP contribution in [0.15, 0.2) is 6.20 Å². The highest BCUT2D eigenvalue weighted by molar-refractivity contribution is 5.96. The predicted octanol–water partition coefficient (Wildman–Crippen LogP) is 0.283. The number of rotatable bonds is 3. The second kappa shape index (κ2) is 5.39. The Hall–Kier alpha value is -1.56. The van der Waals surface area contributed by atoms with E-state index in [-0.39, 0.29) is 23.6 Å². The number of hydrogen-bond donors (Lipinski definition) is 3. The molecule has 1 aromatic rings. The summed E-state index contributed by atoms with van der Waals surface area (Å²) in [6, 6.07) is 0. The van der Waals surface area contributed by atoms with E-state index < -0.39 is 0 Å². The maximum Gasteiger partial charge on any atom is 0.273 e. The van der Waals surface area contributed by atoms with E-state index in [0.29, 0.717) is 12.2 Å². The van der Waals surface area contributed by atoms with Gasteiger partial charge in [0.05, 0.1) is 11.8 Å². The van der Waals surface area contributed by atoms with Gasteiger partial charge in [0.25, 0.3) is 5.91 Å². The van der Waals surface area contributed by atoms with Gasteiger partial charge < -0.3 is 16.2 Å². The Kier molecular flexibility index (Phi) is 3.86. The Morgan fingerprint density at radius 2 is 2.33 bits per heavy atom. The first kappa shape index (κ1) is 12.9. The summed E-state index contributed by atoms with van der Waals surface area (Å²) in [6.07, 6.45) is 5.26. The van der Waals surface area contributed by atoms with Crippen LogP contribution in [0.2, 0.25) is 0 Å². The molecule has 1 heterocycles. The van der Waals surface area contributed by atoms with E-state index in [9.17, 15) is 9.90 Å².